The summed E-state index contributed by atoms with van der Waals surface area (Å²) in [5, 5.41) is 3.93. The predicted octanol–water partition coefficient (Wildman–Crippen LogP) is 4.15. The summed E-state index contributed by atoms with van der Waals surface area (Å²) in [7, 11) is 1.35. The van der Waals surface area contributed by atoms with Gasteiger partial charge in [-0.05, 0) is 35.7 Å². The van der Waals surface area contributed by atoms with E-state index in [0.717, 1.165) is 16.5 Å². The van der Waals surface area contributed by atoms with Crippen LogP contribution in [0.2, 0.25) is 0 Å². The number of carbonyl (C=O) groups is 2. The molecule has 0 saturated carbocycles. The molecule has 1 aromatic heterocycles. The zero-order valence-corrected chi connectivity index (χ0v) is 14.7. The van der Waals surface area contributed by atoms with Crippen LogP contribution in [0.4, 0.5) is 5.69 Å². The first kappa shape index (κ1) is 17.6. The lowest BCUT2D eigenvalue weighted by atomic mass is 9.96. The minimum absolute atomic E-state index is 0.0182. The highest BCUT2D eigenvalue weighted by molar-refractivity contribution is 6.00. The molecule has 2 aromatic carbocycles. The van der Waals surface area contributed by atoms with Gasteiger partial charge in [-0.15, -0.1) is 0 Å². The lowest BCUT2D eigenvalue weighted by Crippen LogP contribution is -2.15. The van der Waals surface area contributed by atoms with E-state index in [1.165, 1.54) is 7.11 Å². The van der Waals surface area contributed by atoms with Crippen LogP contribution in [0.5, 0.6) is 0 Å². The van der Waals surface area contributed by atoms with Crippen molar-refractivity contribution in [3.63, 3.8) is 0 Å². The zero-order valence-electron chi connectivity index (χ0n) is 14.7. The lowest BCUT2D eigenvalue weighted by Gasteiger charge is -2.13. The number of para-hydroxylation sites is 1. The van der Waals surface area contributed by atoms with Crippen LogP contribution in [0.3, 0.4) is 0 Å². The first-order valence-corrected chi connectivity index (χ1v) is 8.40. The van der Waals surface area contributed by atoms with Crippen LogP contribution in [0.1, 0.15) is 35.2 Å². The van der Waals surface area contributed by atoms with Crippen molar-refractivity contribution >= 4 is 28.5 Å². The van der Waals surface area contributed by atoms with Gasteiger partial charge < -0.3 is 10.1 Å². The van der Waals surface area contributed by atoms with E-state index < -0.39 is 0 Å². The topological polar surface area (TPSA) is 68.3 Å². The van der Waals surface area contributed by atoms with Gasteiger partial charge in [0.15, 0.2) is 0 Å². The molecule has 26 heavy (non-hydrogen) atoms. The van der Waals surface area contributed by atoms with E-state index in [9.17, 15) is 9.59 Å². The second kappa shape index (κ2) is 7.78. The molecule has 1 atom stereocenters. The van der Waals surface area contributed by atoms with Crippen molar-refractivity contribution in [2.75, 3.05) is 12.4 Å². The average molecular weight is 348 g/mol. The second-order valence-electron chi connectivity index (χ2n) is 6.15. The van der Waals surface area contributed by atoms with Crippen molar-refractivity contribution in [1.29, 1.82) is 0 Å². The molecule has 0 aliphatic carbocycles. The number of esters is 1. The number of anilines is 1. The van der Waals surface area contributed by atoms with Gasteiger partial charge in [0, 0.05) is 18.0 Å². The third-order valence-electron chi connectivity index (χ3n) is 4.30. The minimum atomic E-state index is -0.370. The molecule has 3 aromatic rings. The molecular weight excluding hydrogens is 328 g/mol. The van der Waals surface area contributed by atoms with E-state index in [1.54, 1.807) is 18.3 Å². The van der Waals surface area contributed by atoms with Gasteiger partial charge >= 0.3 is 5.97 Å². The van der Waals surface area contributed by atoms with Gasteiger partial charge in [-0.1, -0.05) is 37.3 Å². The van der Waals surface area contributed by atoms with Crippen LogP contribution in [0, 0.1) is 0 Å². The highest BCUT2D eigenvalue weighted by atomic mass is 16.5. The molecule has 1 N–H and O–H groups in total. The van der Waals surface area contributed by atoms with Crippen molar-refractivity contribution in [3.8, 4) is 0 Å². The molecule has 0 fully saturated rings. The molecule has 0 bridgehead atoms. The Kier molecular flexibility index (Phi) is 5.27. The molecule has 0 aliphatic rings. The summed E-state index contributed by atoms with van der Waals surface area (Å²) in [5.74, 6) is -0.428. The molecule has 0 radical (unpaired) electrons. The number of rotatable bonds is 5. The Labute approximate surface area is 152 Å². The summed E-state index contributed by atoms with van der Waals surface area (Å²) in [5.41, 5.74) is 2.97. The summed E-state index contributed by atoms with van der Waals surface area (Å²) in [6, 6.07) is 16.7. The number of pyridine rings is 1. The molecule has 0 spiro atoms. The number of methoxy groups -OCH3 is 1. The van der Waals surface area contributed by atoms with Gasteiger partial charge in [-0.3, -0.25) is 9.78 Å². The first-order chi connectivity index (χ1) is 12.6. The Hall–Kier alpha value is -3.21. The molecule has 3 rings (SSSR count). The number of fused-ring (bicyclic) bond motifs is 1. The van der Waals surface area contributed by atoms with Gasteiger partial charge in [0.1, 0.15) is 0 Å². The second-order valence-corrected chi connectivity index (χ2v) is 6.15. The molecule has 1 unspecified atom stereocenters. The number of carbonyl (C=O) groups excluding carboxylic acids is 2. The largest absolute Gasteiger partial charge is 0.465 e. The van der Waals surface area contributed by atoms with E-state index >= 15 is 0 Å². The van der Waals surface area contributed by atoms with Crippen LogP contribution >= 0.6 is 0 Å². The molecule has 132 valence electrons. The summed E-state index contributed by atoms with van der Waals surface area (Å²) < 4.78 is 4.69. The predicted molar refractivity (Wildman–Crippen MR) is 101 cm³/mol. The highest BCUT2D eigenvalue weighted by Gasteiger charge is 2.14. The SMILES string of the molecule is COC(=O)c1ccc(C(C)CC(=O)Nc2cccc3cccnc23)cc1. The van der Waals surface area contributed by atoms with Gasteiger partial charge in [0.2, 0.25) is 5.91 Å². The number of hydrogen-bond acceptors (Lipinski definition) is 4. The van der Waals surface area contributed by atoms with Gasteiger partial charge in [-0.2, -0.15) is 0 Å². The maximum atomic E-state index is 12.4. The van der Waals surface area contributed by atoms with Crippen LogP contribution < -0.4 is 5.32 Å². The van der Waals surface area contributed by atoms with Crippen molar-refractivity contribution in [2.45, 2.75) is 19.3 Å². The number of benzene rings is 2. The summed E-state index contributed by atoms with van der Waals surface area (Å²) in [6.07, 6.45) is 2.05. The van der Waals surface area contributed by atoms with E-state index in [0.29, 0.717) is 17.7 Å². The molecular formula is C21H20N2O3. The Bertz CT molecular complexity index is 930. The fraction of sp³-hybridized carbons (Fsp3) is 0.190. The fourth-order valence-corrected chi connectivity index (χ4v) is 2.87. The fourth-order valence-electron chi connectivity index (χ4n) is 2.87. The smallest absolute Gasteiger partial charge is 0.337 e. The summed E-state index contributed by atoms with van der Waals surface area (Å²) in [6.45, 7) is 1.98. The number of nitrogens with one attached hydrogen (secondary N) is 1. The number of hydrogen-bond donors (Lipinski definition) is 1. The number of nitrogens with zero attached hydrogens (tertiary/aromatic N) is 1. The summed E-state index contributed by atoms with van der Waals surface area (Å²) >= 11 is 0. The third kappa shape index (κ3) is 3.88. The molecule has 1 heterocycles. The standard InChI is InChI=1S/C21H20N2O3/c1-14(15-8-10-17(11-9-15)21(25)26-2)13-19(24)23-18-7-3-5-16-6-4-12-22-20(16)18/h3-12,14H,13H2,1-2H3,(H,23,24). The first-order valence-electron chi connectivity index (χ1n) is 8.40. The van der Waals surface area contributed by atoms with Crippen molar-refractivity contribution < 1.29 is 14.3 Å². The zero-order chi connectivity index (χ0) is 18.5. The maximum absolute atomic E-state index is 12.4. The monoisotopic (exact) mass is 348 g/mol. The number of amides is 1. The minimum Gasteiger partial charge on any atom is -0.465 e. The molecule has 0 aliphatic heterocycles. The number of aromatic nitrogens is 1. The molecule has 5 nitrogen and oxygen atoms in total. The van der Waals surface area contributed by atoms with Crippen LogP contribution in [0.15, 0.2) is 60.8 Å². The van der Waals surface area contributed by atoms with Crippen LogP contribution in [0.25, 0.3) is 10.9 Å². The van der Waals surface area contributed by atoms with Crippen molar-refractivity contribution in [2.24, 2.45) is 0 Å². The highest BCUT2D eigenvalue weighted by Crippen LogP contribution is 2.23. The summed E-state index contributed by atoms with van der Waals surface area (Å²) in [4.78, 5) is 28.3. The molecule has 0 saturated heterocycles. The third-order valence-corrected chi connectivity index (χ3v) is 4.30. The Morgan fingerprint density at radius 3 is 2.54 bits per heavy atom. The lowest BCUT2D eigenvalue weighted by molar-refractivity contribution is -0.116. The molecule has 5 heteroatoms. The Morgan fingerprint density at radius 2 is 1.81 bits per heavy atom. The average Bonchev–Trinajstić information content (AvgIpc) is 2.67. The normalized spacial score (nSPS) is 11.8. The maximum Gasteiger partial charge on any atom is 0.337 e. The van der Waals surface area contributed by atoms with Gasteiger partial charge in [0.05, 0.1) is 23.9 Å². The molecule has 1 amide bonds. The van der Waals surface area contributed by atoms with Crippen molar-refractivity contribution in [3.05, 3.63) is 71.9 Å². The van der Waals surface area contributed by atoms with E-state index in [2.05, 4.69) is 10.3 Å². The van der Waals surface area contributed by atoms with Crippen LogP contribution in [-0.4, -0.2) is 24.0 Å². The van der Waals surface area contributed by atoms with E-state index in [-0.39, 0.29) is 17.8 Å². The van der Waals surface area contributed by atoms with Gasteiger partial charge in [0.25, 0.3) is 0 Å². The Morgan fingerprint density at radius 1 is 1.08 bits per heavy atom. The van der Waals surface area contributed by atoms with Gasteiger partial charge in [-0.25, -0.2) is 4.79 Å². The van der Waals surface area contributed by atoms with Crippen molar-refractivity contribution in [1.82, 2.24) is 4.98 Å². The Balaban J connectivity index is 1.68. The van der Waals surface area contributed by atoms with Crippen LogP contribution in [-0.2, 0) is 9.53 Å². The quantitative estimate of drug-likeness (QED) is 0.703. The number of ether oxygens (including phenoxy) is 1. The van der Waals surface area contributed by atoms with E-state index in [4.69, 9.17) is 4.74 Å². The van der Waals surface area contributed by atoms with E-state index in [1.807, 2.05) is 49.4 Å².